The number of halogens is 1. The van der Waals surface area contributed by atoms with Gasteiger partial charge in [-0.05, 0) is 97.2 Å². The minimum Gasteiger partial charge on any atom is -0.496 e. The standard InChI is InChI=1S/C32H30BrN3O6S/c1-7-42-31(39)27-18(3)34-32-36(28(27)20-11-12-25(40-5)24(33)15-20)29(37)26(43-32)16-22-13-17(2)35(19(22)4)23-10-8-9-21(14-23)30(38)41-6/h8-16,28H,7H2,1-6H3/b26-16+/t28-/m1/s1. The molecule has 1 atom stereocenters. The number of hydrogen-bond acceptors (Lipinski definition) is 8. The average molecular weight is 665 g/mol. The molecule has 0 radical (unpaired) electrons. The number of ether oxygens (including phenoxy) is 3. The van der Waals surface area contributed by atoms with Crippen LogP contribution in [0.5, 0.6) is 5.75 Å². The molecule has 1 aliphatic rings. The maximum Gasteiger partial charge on any atom is 0.338 e. The van der Waals surface area contributed by atoms with E-state index in [-0.39, 0.29) is 12.2 Å². The Morgan fingerprint density at radius 3 is 2.51 bits per heavy atom. The number of aromatic nitrogens is 2. The fourth-order valence-corrected chi connectivity index (χ4v) is 6.92. The van der Waals surface area contributed by atoms with Gasteiger partial charge in [-0.25, -0.2) is 14.6 Å². The molecule has 5 rings (SSSR count). The van der Waals surface area contributed by atoms with Crippen LogP contribution in [-0.2, 0) is 14.3 Å². The SMILES string of the molecule is CCOC(=O)C1=C(C)N=c2s/c(=C/c3cc(C)n(-c4cccc(C(=O)OC)c4)c3C)c(=O)n2[C@@H]1c1ccc(OC)c(Br)c1. The number of esters is 2. The van der Waals surface area contributed by atoms with Crippen LogP contribution >= 0.6 is 27.3 Å². The first-order valence-electron chi connectivity index (χ1n) is 13.5. The maximum atomic E-state index is 14.1. The van der Waals surface area contributed by atoms with Gasteiger partial charge in [-0.15, -0.1) is 0 Å². The topological polar surface area (TPSA) is 101 Å². The Morgan fingerprint density at radius 1 is 1.07 bits per heavy atom. The van der Waals surface area contributed by atoms with Crippen LogP contribution in [0.2, 0.25) is 0 Å². The van der Waals surface area contributed by atoms with Crippen molar-refractivity contribution in [2.24, 2.45) is 4.99 Å². The Morgan fingerprint density at radius 2 is 1.84 bits per heavy atom. The van der Waals surface area contributed by atoms with Gasteiger partial charge < -0.3 is 18.8 Å². The van der Waals surface area contributed by atoms with Crippen molar-refractivity contribution in [2.75, 3.05) is 20.8 Å². The molecule has 1 aliphatic heterocycles. The van der Waals surface area contributed by atoms with Crippen molar-refractivity contribution < 1.29 is 23.8 Å². The van der Waals surface area contributed by atoms with E-state index in [4.69, 9.17) is 14.2 Å². The van der Waals surface area contributed by atoms with E-state index >= 15 is 0 Å². The average Bonchev–Trinajstić information content (AvgIpc) is 3.45. The van der Waals surface area contributed by atoms with Crippen LogP contribution in [0, 0.1) is 13.8 Å². The van der Waals surface area contributed by atoms with E-state index in [0.717, 1.165) is 22.6 Å². The van der Waals surface area contributed by atoms with Crippen molar-refractivity contribution in [3.05, 3.63) is 112 Å². The number of methoxy groups -OCH3 is 2. The van der Waals surface area contributed by atoms with Crippen molar-refractivity contribution in [3.8, 4) is 11.4 Å². The zero-order chi connectivity index (χ0) is 31.0. The lowest BCUT2D eigenvalue weighted by atomic mass is 9.96. The summed E-state index contributed by atoms with van der Waals surface area (Å²) in [6.07, 6.45) is 1.84. The van der Waals surface area contributed by atoms with Gasteiger partial charge in [-0.3, -0.25) is 9.36 Å². The molecule has 222 valence electrons. The molecule has 0 spiro atoms. The molecule has 9 nitrogen and oxygen atoms in total. The van der Waals surface area contributed by atoms with Gasteiger partial charge >= 0.3 is 11.9 Å². The van der Waals surface area contributed by atoms with Crippen LogP contribution in [0.1, 0.15) is 52.8 Å². The Labute approximate surface area is 260 Å². The number of benzene rings is 2. The highest BCUT2D eigenvalue weighted by molar-refractivity contribution is 9.10. The number of carbonyl (C=O) groups excluding carboxylic acids is 2. The largest absolute Gasteiger partial charge is 0.496 e. The molecule has 43 heavy (non-hydrogen) atoms. The predicted molar refractivity (Wildman–Crippen MR) is 168 cm³/mol. The van der Waals surface area contributed by atoms with Crippen LogP contribution in [0.3, 0.4) is 0 Å². The molecule has 0 aliphatic carbocycles. The zero-order valence-corrected chi connectivity index (χ0v) is 27.0. The molecular formula is C32H30BrN3O6S. The maximum absolute atomic E-state index is 14.1. The summed E-state index contributed by atoms with van der Waals surface area (Å²) in [6.45, 7) is 7.61. The molecule has 0 amide bonds. The first kappa shape index (κ1) is 30.2. The number of nitrogens with zero attached hydrogens (tertiary/aromatic N) is 3. The zero-order valence-electron chi connectivity index (χ0n) is 24.6. The number of thiazole rings is 1. The fourth-order valence-electron chi connectivity index (χ4n) is 5.32. The van der Waals surface area contributed by atoms with Gasteiger partial charge in [0.05, 0.1) is 52.7 Å². The van der Waals surface area contributed by atoms with Crippen molar-refractivity contribution >= 4 is 45.3 Å². The van der Waals surface area contributed by atoms with Gasteiger partial charge in [0.2, 0.25) is 0 Å². The van der Waals surface area contributed by atoms with Crippen molar-refractivity contribution in [1.82, 2.24) is 9.13 Å². The molecule has 3 heterocycles. The molecule has 0 saturated heterocycles. The monoisotopic (exact) mass is 663 g/mol. The van der Waals surface area contributed by atoms with Crippen LogP contribution in [0.25, 0.3) is 11.8 Å². The summed E-state index contributed by atoms with van der Waals surface area (Å²) in [5.41, 5.74) is 5.15. The lowest BCUT2D eigenvalue weighted by Crippen LogP contribution is -2.40. The quantitative estimate of drug-likeness (QED) is 0.264. The highest BCUT2D eigenvalue weighted by Crippen LogP contribution is 2.35. The van der Waals surface area contributed by atoms with Crippen molar-refractivity contribution in [3.63, 3.8) is 0 Å². The molecule has 0 fully saturated rings. The van der Waals surface area contributed by atoms with Gasteiger partial charge in [0.25, 0.3) is 5.56 Å². The van der Waals surface area contributed by atoms with Gasteiger partial charge in [0.15, 0.2) is 4.80 Å². The summed E-state index contributed by atoms with van der Waals surface area (Å²) < 4.78 is 20.4. The second-order valence-corrected chi connectivity index (χ2v) is 11.8. The van der Waals surface area contributed by atoms with E-state index in [9.17, 15) is 14.4 Å². The number of allylic oxidation sites excluding steroid dienone is 1. The summed E-state index contributed by atoms with van der Waals surface area (Å²) in [5, 5.41) is 0. The molecule has 11 heteroatoms. The minimum absolute atomic E-state index is 0.192. The smallest absolute Gasteiger partial charge is 0.338 e. The van der Waals surface area contributed by atoms with Crippen molar-refractivity contribution in [2.45, 2.75) is 33.7 Å². The molecule has 4 aromatic rings. The third kappa shape index (κ3) is 5.50. The lowest BCUT2D eigenvalue weighted by Gasteiger charge is -2.25. The van der Waals surface area contributed by atoms with Crippen LogP contribution in [0.15, 0.2) is 74.1 Å². The van der Waals surface area contributed by atoms with Crippen LogP contribution in [-0.4, -0.2) is 41.9 Å². The van der Waals surface area contributed by atoms with E-state index in [1.54, 1.807) is 49.8 Å². The summed E-state index contributed by atoms with van der Waals surface area (Å²) in [7, 11) is 2.92. The highest BCUT2D eigenvalue weighted by Gasteiger charge is 2.33. The number of rotatable bonds is 7. The number of aryl methyl sites for hydroxylation is 1. The molecule has 2 aromatic carbocycles. The van der Waals surface area contributed by atoms with E-state index < -0.39 is 18.0 Å². The Hall–Kier alpha value is -4.22. The minimum atomic E-state index is -0.742. The van der Waals surface area contributed by atoms with E-state index in [2.05, 4.69) is 20.9 Å². The lowest BCUT2D eigenvalue weighted by molar-refractivity contribution is -0.139. The van der Waals surface area contributed by atoms with Gasteiger partial charge in [0.1, 0.15) is 5.75 Å². The molecule has 0 N–H and O–H groups in total. The highest BCUT2D eigenvalue weighted by atomic mass is 79.9. The van der Waals surface area contributed by atoms with Crippen molar-refractivity contribution in [1.29, 1.82) is 0 Å². The van der Waals surface area contributed by atoms with Gasteiger partial charge in [-0.1, -0.05) is 23.5 Å². The Balaban J connectivity index is 1.67. The normalized spacial score (nSPS) is 14.8. The Kier molecular flexibility index (Phi) is 8.57. The summed E-state index contributed by atoms with van der Waals surface area (Å²) >= 11 is 4.80. The fraction of sp³-hybridized carbons (Fsp3) is 0.250. The van der Waals surface area contributed by atoms with Gasteiger partial charge in [0, 0.05) is 17.1 Å². The van der Waals surface area contributed by atoms with E-state index in [1.807, 2.05) is 48.8 Å². The van der Waals surface area contributed by atoms with Crippen LogP contribution < -0.4 is 19.6 Å². The number of carbonyl (C=O) groups is 2. The van der Waals surface area contributed by atoms with Gasteiger partial charge in [-0.2, -0.15) is 0 Å². The van der Waals surface area contributed by atoms with E-state index in [1.165, 1.54) is 18.4 Å². The summed E-state index contributed by atoms with van der Waals surface area (Å²) in [5.74, 6) is -0.309. The Bertz CT molecular complexity index is 1980. The number of fused-ring (bicyclic) bond motifs is 1. The molecule has 2 aromatic heterocycles. The first-order valence-corrected chi connectivity index (χ1v) is 15.1. The number of hydrogen-bond donors (Lipinski definition) is 0. The second kappa shape index (κ2) is 12.2. The molecular weight excluding hydrogens is 634 g/mol. The summed E-state index contributed by atoms with van der Waals surface area (Å²) in [6, 6.07) is 13.9. The molecule has 0 saturated carbocycles. The van der Waals surface area contributed by atoms with Crippen LogP contribution in [0.4, 0.5) is 0 Å². The second-order valence-electron chi connectivity index (χ2n) is 9.90. The summed E-state index contributed by atoms with van der Waals surface area (Å²) in [4.78, 5) is 44.6. The molecule has 0 unspecified atom stereocenters. The first-order chi connectivity index (χ1) is 20.6. The third-order valence-corrected chi connectivity index (χ3v) is 8.89. The van der Waals surface area contributed by atoms with E-state index in [0.29, 0.717) is 42.0 Å². The third-order valence-electron chi connectivity index (χ3n) is 7.29. The molecule has 0 bridgehead atoms. The predicted octanol–water partition coefficient (Wildman–Crippen LogP) is 4.76.